The summed E-state index contributed by atoms with van der Waals surface area (Å²) in [5, 5.41) is 4.86. The molecule has 1 saturated carbocycles. The van der Waals surface area contributed by atoms with Gasteiger partial charge in [0.05, 0.1) is 25.1 Å². The van der Waals surface area contributed by atoms with Crippen LogP contribution in [0.15, 0.2) is 79.0 Å². The maximum atomic E-state index is 14.8. The summed E-state index contributed by atoms with van der Waals surface area (Å²) in [5.74, 6) is 0.790. The number of para-hydroxylation sites is 1. The van der Waals surface area contributed by atoms with Crippen LogP contribution in [0.4, 0.5) is 10.1 Å². The fraction of sp³-hybridized carbons (Fsp3) is 0.312. The van der Waals surface area contributed by atoms with Crippen LogP contribution < -0.4 is 14.4 Å². The van der Waals surface area contributed by atoms with Crippen molar-refractivity contribution in [3.8, 4) is 28.4 Å². The standard InChI is InChI=1S/C32H33FN4O3/c1-3-40-30-14-9-22(19-29(30)33)31-28(21-37(34-31)24-7-5-4-6-8-24)26-20-27(26)32(38)36-17-15-35(16-18-36)23-10-12-25(39-2)13-11-23/h4-14,19,21,26-27H,3,15-18,20H2,1-2H3. The van der Waals surface area contributed by atoms with Crippen molar-refractivity contribution in [3.05, 3.63) is 90.4 Å². The molecule has 7 nitrogen and oxygen atoms in total. The van der Waals surface area contributed by atoms with E-state index >= 15 is 0 Å². The van der Waals surface area contributed by atoms with Gasteiger partial charge in [0.1, 0.15) is 5.75 Å². The lowest BCUT2D eigenvalue weighted by Crippen LogP contribution is -2.49. The summed E-state index contributed by atoms with van der Waals surface area (Å²) in [5.41, 5.74) is 4.41. The Hall–Kier alpha value is -4.33. The molecule has 1 aliphatic carbocycles. The molecular weight excluding hydrogens is 507 g/mol. The van der Waals surface area contributed by atoms with Crippen molar-refractivity contribution in [1.82, 2.24) is 14.7 Å². The first-order chi connectivity index (χ1) is 19.6. The predicted molar refractivity (Wildman–Crippen MR) is 153 cm³/mol. The molecule has 0 bridgehead atoms. The average Bonchev–Trinajstić information content (AvgIpc) is 3.68. The second kappa shape index (κ2) is 11.0. The molecule has 40 heavy (non-hydrogen) atoms. The summed E-state index contributed by atoms with van der Waals surface area (Å²) in [6, 6.07) is 22.9. The normalized spacial score (nSPS) is 18.5. The highest BCUT2D eigenvalue weighted by Crippen LogP contribution is 2.51. The molecular formula is C32H33FN4O3. The molecule has 1 aromatic heterocycles. The van der Waals surface area contributed by atoms with Gasteiger partial charge in [-0.25, -0.2) is 9.07 Å². The van der Waals surface area contributed by atoms with Crippen LogP contribution in [0.2, 0.25) is 0 Å². The molecule has 1 saturated heterocycles. The molecule has 0 spiro atoms. The van der Waals surface area contributed by atoms with E-state index in [1.807, 2.05) is 71.2 Å². The summed E-state index contributed by atoms with van der Waals surface area (Å²) >= 11 is 0. The van der Waals surface area contributed by atoms with Crippen molar-refractivity contribution in [1.29, 1.82) is 0 Å². The zero-order chi connectivity index (χ0) is 27.6. The van der Waals surface area contributed by atoms with Crippen LogP contribution in [-0.2, 0) is 4.79 Å². The lowest BCUT2D eigenvalue weighted by molar-refractivity contribution is -0.132. The Morgan fingerprint density at radius 1 is 0.975 bits per heavy atom. The lowest BCUT2D eigenvalue weighted by atomic mass is 10.0. The molecule has 1 aliphatic heterocycles. The minimum absolute atomic E-state index is 0.0502. The maximum absolute atomic E-state index is 14.8. The first-order valence-corrected chi connectivity index (χ1v) is 13.8. The number of methoxy groups -OCH3 is 1. The van der Waals surface area contributed by atoms with Gasteiger partial charge in [-0.1, -0.05) is 18.2 Å². The van der Waals surface area contributed by atoms with Crippen molar-refractivity contribution in [2.75, 3.05) is 44.8 Å². The fourth-order valence-electron chi connectivity index (χ4n) is 5.54. The zero-order valence-corrected chi connectivity index (χ0v) is 22.8. The molecule has 2 aliphatic rings. The minimum Gasteiger partial charge on any atom is -0.497 e. The Morgan fingerprint density at radius 2 is 1.73 bits per heavy atom. The van der Waals surface area contributed by atoms with Gasteiger partial charge in [0, 0.05) is 61.0 Å². The van der Waals surface area contributed by atoms with Crippen LogP contribution in [0.5, 0.6) is 11.5 Å². The zero-order valence-electron chi connectivity index (χ0n) is 22.8. The van der Waals surface area contributed by atoms with Crippen LogP contribution in [0.3, 0.4) is 0 Å². The number of carbonyl (C=O) groups excluding carboxylic acids is 1. The van der Waals surface area contributed by atoms with Crippen LogP contribution >= 0.6 is 0 Å². The third-order valence-corrected chi connectivity index (χ3v) is 7.80. The number of hydrogen-bond donors (Lipinski definition) is 0. The highest BCUT2D eigenvalue weighted by atomic mass is 19.1. The molecule has 2 atom stereocenters. The van der Waals surface area contributed by atoms with E-state index in [4.69, 9.17) is 14.6 Å². The number of aromatic nitrogens is 2. The fourth-order valence-corrected chi connectivity index (χ4v) is 5.54. The van der Waals surface area contributed by atoms with Gasteiger partial charge in [-0.15, -0.1) is 0 Å². The molecule has 4 aromatic rings. The third kappa shape index (κ3) is 5.13. The highest BCUT2D eigenvalue weighted by molar-refractivity contribution is 5.84. The number of piperazine rings is 1. The molecule has 0 radical (unpaired) electrons. The molecule has 2 unspecified atom stereocenters. The van der Waals surface area contributed by atoms with E-state index < -0.39 is 5.82 Å². The van der Waals surface area contributed by atoms with Crippen molar-refractivity contribution < 1.29 is 18.7 Å². The summed E-state index contributed by atoms with van der Waals surface area (Å²) in [6.45, 7) is 5.18. The number of amides is 1. The van der Waals surface area contributed by atoms with Crippen molar-refractivity contribution >= 4 is 11.6 Å². The van der Waals surface area contributed by atoms with Crippen LogP contribution in [0, 0.1) is 11.7 Å². The minimum atomic E-state index is -0.419. The number of anilines is 1. The summed E-state index contributed by atoms with van der Waals surface area (Å²) < 4.78 is 27.3. The summed E-state index contributed by atoms with van der Waals surface area (Å²) in [4.78, 5) is 17.8. The van der Waals surface area contributed by atoms with Crippen LogP contribution in [0.25, 0.3) is 16.9 Å². The number of carbonyl (C=O) groups is 1. The Morgan fingerprint density at radius 3 is 2.40 bits per heavy atom. The van der Waals surface area contributed by atoms with Gasteiger partial charge in [-0.05, 0) is 67.9 Å². The van der Waals surface area contributed by atoms with Gasteiger partial charge >= 0.3 is 0 Å². The van der Waals surface area contributed by atoms with E-state index in [1.165, 1.54) is 6.07 Å². The van der Waals surface area contributed by atoms with Crippen LogP contribution in [0.1, 0.15) is 24.8 Å². The number of nitrogens with zero attached hydrogens (tertiary/aromatic N) is 4. The van der Waals surface area contributed by atoms with Gasteiger partial charge in [-0.2, -0.15) is 5.10 Å². The molecule has 8 heteroatoms. The SMILES string of the molecule is CCOc1ccc(-c2nn(-c3ccccc3)cc2C2CC2C(=O)N2CCN(c3ccc(OC)cc3)CC2)cc1F. The first kappa shape index (κ1) is 25.9. The van der Waals surface area contributed by atoms with Crippen molar-refractivity contribution in [2.45, 2.75) is 19.3 Å². The van der Waals surface area contributed by atoms with Crippen molar-refractivity contribution in [3.63, 3.8) is 0 Å². The average molecular weight is 541 g/mol. The van der Waals surface area contributed by atoms with Gasteiger partial charge in [0.15, 0.2) is 11.6 Å². The molecule has 2 heterocycles. The summed E-state index contributed by atoms with van der Waals surface area (Å²) in [7, 11) is 1.66. The number of halogens is 1. The van der Waals surface area contributed by atoms with Crippen LogP contribution in [-0.4, -0.2) is 60.5 Å². The van der Waals surface area contributed by atoms with Gasteiger partial charge in [0.2, 0.25) is 5.91 Å². The van der Waals surface area contributed by atoms with E-state index in [9.17, 15) is 9.18 Å². The van der Waals surface area contributed by atoms with Crippen molar-refractivity contribution in [2.24, 2.45) is 5.92 Å². The Kier molecular flexibility index (Phi) is 7.15. The Labute approximate surface area is 233 Å². The molecule has 0 N–H and O–H groups in total. The third-order valence-electron chi connectivity index (χ3n) is 7.80. The number of ether oxygens (including phenoxy) is 2. The largest absolute Gasteiger partial charge is 0.497 e. The smallest absolute Gasteiger partial charge is 0.226 e. The predicted octanol–water partition coefficient (Wildman–Crippen LogP) is 5.54. The quantitative estimate of drug-likeness (QED) is 0.294. The van der Waals surface area contributed by atoms with Gasteiger partial charge < -0.3 is 19.3 Å². The monoisotopic (exact) mass is 540 g/mol. The number of rotatable bonds is 8. The van der Waals surface area contributed by atoms with E-state index in [0.29, 0.717) is 31.0 Å². The second-order valence-electron chi connectivity index (χ2n) is 10.3. The molecule has 2 fully saturated rings. The molecule has 206 valence electrons. The van der Waals surface area contributed by atoms with E-state index in [-0.39, 0.29) is 23.5 Å². The molecule has 3 aromatic carbocycles. The van der Waals surface area contributed by atoms with E-state index in [2.05, 4.69) is 17.0 Å². The lowest BCUT2D eigenvalue weighted by Gasteiger charge is -2.36. The number of hydrogen-bond acceptors (Lipinski definition) is 5. The second-order valence-corrected chi connectivity index (χ2v) is 10.3. The van der Waals surface area contributed by atoms with E-state index in [1.54, 1.807) is 13.2 Å². The first-order valence-electron chi connectivity index (χ1n) is 13.8. The molecule has 6 rings (SSSR count). The van der Waals surface area contributed by atoms with Gasteiger partial charge in [-0.3, -0.25) is 4.79 Å². The molecule has 1 amide bonds. The highest BCUT2D eigenvalue weighted by Gasteiger charge is 2.48. The topological polar surface area (TPSA) is 59.8 Å². The van der Waals surface area contributed by atoms with Gasteiger partial charge in [0.25, 0.3) is 0 Å². The Bertz CT molecular complexity index is 1480. The van der Waals surface area contributed by atoms with E-state index in [0.717, 1.165) is 42.2 Å². The Balaban J connectivity index is 1.20. The summed E-state index contributed by atoms with van der Waals surface area (Å²) in [6.07, 6.45) is 2.77. The maximum Gasteiger partial charge on any atom is 0.226 e. The number of benzene rings is 3.